The van der Waals surface area contributed by atoms with Crippen LogP contribution in [0.2, 0.25) is 0 Å². The van der Waals surface area contributed by atoms with Gasteiger partial charge in [-0.25, -0.2) is 4.79 Å². The van der Waals surface area contributed by atoms with E-state index in [0.29, 0.717) is 37.5 Å². The minimum Gasteiger partial charge on any atom is -0.450 e. The highest BCUT2D eigenvalue weighted by Crippen LogP contribution is 2.24. The van der Waals surface area contributed by atoms with Gasteiger partial charge in [-0.3, -0.25) is 19.7 Å². The zero-order valence-electron chi connectivity index (χ0n) is 15.7. The number of benzene rings is 1. The molecular weight excluding hydrogens is 382 g/mol. The van der Waals surface area contributed by atoms with E-state index in [9.17, 15) is 24.5 Å². The van der Waals surface area contributed by atoms with Crippen LogP contribution in [0, 0.1) is 10.1 Å². The Labute approximate surface area is 165 Å². The van der Waals surface area contributed by atoms with Gasteiger partial charge in [0.25, 0.3) is 11.6 Å². The fourth-order valence-electron chi connectivity index (χ4n) is 2.91. The van der Waals surface area contributed by atoms with Crippen LogP contribution in [0.25, 0.3) is 11.3 Å². The minimum atomic E-state index is -0.783. The van der Waals surface area contributed by atoms with Gasteiger partial charge in [-0.15, -0.1) is 0 Å². The molecule has 0 spiro atoms. The van der Waals surface area contributed by atoms with E-state index in [1.807, 2.05) is 0 Å². The summed E-state index contributed by atoms with van der Waals surface area (Å²) in [6.45, 7) is 2.74. The molecule has 10 nitrogen and oxygen atoms in total. The molecule has 29 heavy (non-hydrogen) atoms. The van der Waals surface area contributed by atoms with Gasteiger partial charge in [0.1, 0.15) is 5.76 Å². The van der Waals surface area contributed by atoms with Crippen molar-refractivity contribution in [2.45, 2.75) is 6.92 Å². The third-order valence-electron chi connectivity index (χ3n) is 4.57. The Balaban J connectivity index is 1.53. The smallest absolute Gasteiger partial charge is 0.374 e. The lowest BCUT2D eigenvalue weighted by molar-refractivity contribution is -0.384. The molecule has 3 rings (SSSR count). The number of furan rings is 1. The van der Waals surface area contributed by atoms with E-state index >= 15 is 0 Å². The van der Waals surface area contributed by atoms with Crippen LogP contribution in [0.1, 0.15) is 17.5 Å². The van der Waals surface area contributed by atoms with Crippen molar-refractivity contribution in [2.75, 3.05) is 32.8 Å². The highest BCUT2D eigenvalue weighted by Gasteiger charge is 2.24. The molecule has 2 heterocycles. The predicted octanol–water partition coefficient (Wildman–Crippen LogP) is 1.70. The number of non-ortho nitro benzene ring substituents is 1. The molecule has 152 valence electrons. The second-order valence-electron chi connectivity index (χ2n) is 6.43. The van der Waals surface area contributed by atoms with Crippen molar-refractivity contribution in [3.05, 3.63) is 52.3 Å². The summed E-state index contributed by atoms with van der Waals surface area (Å²) in [5, 5.41) is 10.7. The van der Waals surface area contributed by atoms with Gasteiger partial charge >= 0.3 is 5.97 Å². The first-order valence-electron chi connectivity index (χ1n) is 8.90. The van der Waals surface area contributed by atoms with Crippen molar-refractivity contribution in [1.82, 2.24) is 9.80 Å². The van der Waals surface area contributed by atoms with Crippen LogP contribution in [-0.4, -0.2) is 65.3 Å². The number of carbonyl (C=O) groups excluding carboxylic acids is 3. The maximum atomic E-state index is 12.2. The third kappa shape index (κ3) is 4.78. The van der Waals surface area contributed by atoms with Gasteiger partial charge in [-0.1, -0.05) is 0 Å². The summed E-state index contributed by atoms with van der Waals surface area (Å²) in [4.78, 5) is 49.0. The number of ether oxygens (including phenoxy) is 1. The zero-order chi connectivity index (χ0) is 21.0. The van der Waals surface area contributed by atoms with E-state index in [2.05, 4.69) is 0 Å². The molecule has 0 unspecified atom stereocenters. The van der Waals surface area contributed by atoms with Crippen LogP contribution in [0.3, 0.4) is 0 Å². The van der Waals surface area contributed by atoms with Crippen LogP contribution < -0.4 is 0 Å². The summed E-state index contributed by atoms with van der Waals surface area (Å²) < 4.78 is 10.5. The molecular formula is C19H19N3O7. The summed E-state index contributed by atoms with van der Waals surface area (Å²) in [6, 6.07) is 8.64. The molecule has 0 N–H and O–H groups in total. The third-order valence-corrected chi connectivity index (χ3v) is 4.57. The van der Waals surface area contributed by atoms with E-state index in [0.717, 1.165) is 0 Å². The summed E-state index contributed by atoms with van der Waals surface area (Å²) in [5.41, 5.74) is 0.511. The lowest BCUT2D eigenvalue weighted by Crippen LogP contribution is -2.51. The fraction of sp³-hybridized carbons (Fsp3) is 0.316. The highest BCUT2D eigenvalue weighted by molar-refractivity contribution is 5.89. The second-order valence-corrected chi connectivity index (χ2v) is 6.43. The fourth-order valence-corrected chi connectivity index (χ4v) is 2.91. The number of hydrogen-bond donors (Lipinski definition) is 0. The van der Waals surface area contributed by atoms with Gasteiger partial charge < -0.3 is 19.0 Å². The first-order chi connectivity index (χ1) is 13.8. The average molecular weight is 401 g/mol. The largest absolute Gasteiger partial charge is 0.450 e. The molecule has 1 saturated heterocycles. The summed E-state index contributed by atoms with van der Waals surface area (Å²) in [6.07, 6.45) is 0. The number of piperazine rings is 1. The quantitative estimate of drug-likeness (QED) is 0.424. The van der Waals surface area contributed by atoms with Crippen molar-refractivity contribution < 1.29 is 28.5 Å². The number of nitro benzene ring substituents is 1. The van der Waals surface area contributed by atoms with Crippen LogP contribution in [0.15, 0.2) is 40.8 Å². The maximum Gasteiger partial charge on any atom is 0.374 e. The van der Waals surface area contributed by atoms with E-state index in [1.165, 1.54) is 42.2 Å². The Kier molecular flexibility index (Phi) is 5.91. The molecule has 0 atom stereocenters. The summed E-state index contributed by atoms with van der Waals surface area (Å²) in [5.74, 6) is -0.895. The first kappa shape index (κ1) is 20.1. The number of esters is 1. The molecule has 1 aliphatic rings. The molecule has 1 aromatic heterocycles. The molecule has 1 fully saturated rings. The van der Waals surface area contributed by atoms with Crippen molar-refractivity contribution in [2.24, 2.45) is 0 Å². The van der Waals surface area contributed by atoms with Crippen molar-refractivity contribution in [3.63, 3.8) is 0 Å². The van der Waals surface area contributed by atoms with Crippen LogP contribution in [-0.2, 0) is 14.3 Å². The molecule has 1 aromatic carbocycles. The van der Waals surface area contributed by atoms with E-state index in [-0.39, 0.29) is 23.3 Å². The Hall–Kier alpha value is -3.69. The highest BCUT2D eigenvalue weighted by atomic mass is 16.6. The Morgan fingerprint density at radius 1 is 1.03 bits per heavy atom. The molecule has 0 aliphatic carbocycles. The molecule has 0 bridgehead atoms. The van der Waals surface area contributed by atoms with Crippen molar-refractivity contribution in [3.8, 4) is 11.3 Å². The molecule has 2 amide bonds. The van der Waals surface area contributed by atoms with Gasteiger partial charge in [0.2, 0.25) is 11.7 Å². The topological polar surface area (TPSA) is 123 Å². The zero-order valence-corrected chi connectivity index (χ0v) is 15.7. The van der Waals surface area contributed by atoms with Gasteiger partial charge in [-0.05, 0) is 24.3 Å². The van der Waals surface area contributed by atoms with Crippen LogP contribution in [0.4, 0.5) is 5.69 Å². The summed E-state index contributed by atoms with van der Waals surface area (Å²) in [7, 11) is 0. The predicted molar refractivity (Wildman–Crippen MR) is 99.9 cm³/mol. The molecule has 0 radical (unpaired) electrons. The van der Waals surface area contributed by atoms with Crippen molar-refractivity contribution >= 4 is 23.5 Å². The monoisotopic (exact) mass is 401 g/mol. The lowest BCUT2D eigenvalue weighted by atomic mass is 10.1. The van der Waals surface area contributed by atoms with E-state index in [1.54, 1.807) is 11.0 Å². The normalized spacial score (nSPS) is 13.8. The number of carbonyl (C=O) groups is 3. The number of nitro groups is 1. The van der Waals surface area contributed by atoms with Crippen LogP contribution >= 0.6 is 0 Å². The van der Waals surface area contributed by atoms with Gasteiger partial charge in [0.05, 0.1) is 4.92 Å². The van der Waals surface area contributed by atoms with Crippen molar-refractivity contribution in [1.29, 1.82) is 0 Å². The number of nitrogens with zero attached hydrogens (tertiary/aromatic N) is 3. The van der Waals surface area contributed by atoms with E-state index < -0.39 is 17.5 Å². The van der Waals surface area contributed by atoms with Gasteiger partial charge in [-0.2, -0.15) is 0 Å². The second kappa shape index (κ2) is 8.55. The molecule has 0 saturated carbocycles. The first-order valence-corrected chi connectivity index (χ1v) is 8.90. The molecule has 10 heteroatoms. The Bertz CT molecular complexity index is 928. The number of hydrogen-bond acceptors (Lipinski definition) is 7. The number of rotatable bonds is 5. The molecule has 2 aromatic rings. The Morgan fingerprint density at radius 3 is 2.24 bits per heavy atom. The lowest BCUT2D eigenvalue weighted by Gasteiger charge is -2.34. The minimum absolute atomic E-state index is 0.0369. The van der Waals surface area contributed by atoms with Crippen LogP contribution in [0.5, 0.6) is 0 Å². The summed E-state index contributed by atoms with van der Waals surface area (Å²) >= 11 is 0. The maximum absolute atomic E-state index is 12.2. The molecule has 1 aliphatic heterocycles. The van der Waals surface area contributed by atoms with Gasteiger partial charge in [0, 0.05) is 50.8 Å². The number of amides is 2. The SMILES string of the molecule is CC(=O)N1CCN(C(=O)COC(=O)c2ccc(-c3ccc([N+](=O)[O-])cc3)o2)CC1. The Morgan fingerprint density at radius 2 is 1.66 bits per heavy atom. The standard InChI is InChI=1S/C19H19N3O7/c1-13(23)20-8-10-21(11-9-20)18(24)12-28-19(25)17-7-6-16(29-17)14-2-4-15(5-3-14)22(26)27/h2-7H,8-12H2,1H3. The van der Waals surface area contributed by atoms with E-state index in [4.69, 9.17) is 9.15 Å². The van der Waals surface area contributed by atoms with Gasteiger partial charge in [0.15, 0.2) is 6.61 Å². The average Bonchev–Trinajstić information content (AvgIpc) is 3.22.